The Balaban J connectivity index is 1.15. The maximum Gasteiger partial charge on any atom is 0.262 e. The number of fused-ring (bicyclic) bond motifs is 1. The summed E-state index contributed by atoms with van der Waals surface area (Å²) in [6.45, 7) is 0.493. The Hall–Kier alpha value is -4.05. The van der Waals surface area contributed by atoms with Crippen molar-refractivity contribution in [2.24, 2.45) is 5.92 Å². The van der Waals surface area contributed by atoms with Gasteiger partial charge < -0.3 is 19.3 Å². The van der Waals surface area contributed by atoms with E-state index in [9.17, 15) is 23.5 Å². The van der Waals surface area contributed by atoms with E-state index in [1.54, 1.807) is 24.3 Å². The normalized spacial score (nSPS) is 21.8. The van der Waals surface area contributed by atoms with Crippen molar-refractivity contribution in [3.63, 3.8) is 0 Å². The van der Waals surface area contributed by atoms with Gasteiger partial charge in [-0.15, -0.1) is 0 Å². The van der Waals surface area contributed by atoms with Gasteiger partial charge in [0.05, 0.1) is 30.6 Å². The van der Waals surface area contributed by atoms with E-state index in [-0.39, 0.29) is 62.7 Å². The Morgan fingerprint density at radius 1 is 1.05 bits per heavy atom. The lowest BCUT2D eigenvalue weighted by Crippen LogP contribution is -2.52. The number of benzene rings is 2. The molecule has 220 valence electrons. The summed E-state index contributed by atoms with van der Waals surface area (Å²) >= 11 is 0. The standard InChI is InChI=1S/C32H34F2N4O4/c1-42-24-9-7-23(8-10-24)38-16-12-26-28(38)35-21-37(29(26)39)20-31(41)14-17-36(18-15-31)30(40)27-19-32(33,34)13-11-25(27)22-5-3-2-4-6-22/h2-10,12,16,21,25,27,41H,11,13-15,17-20H2,1H3. The molecule has 0 spiro atoms. The molecule has 1 N–H and O–H groups in total. The first kappa shape index (κ1) is 28.1. The van der Waals surface area contributed by atoms with E-state index in [1.165, 1.54) is 10.9 Å². The van der Waals surface area contributed by atoms with Gasteiger partial charge in [0.2, 0.25) is 11.8 Å². The molecule has 6 rings (SSSR count). The van der Waals surface area contributed by atoms with Crippen LogP contribution in [0.4, 0.5) is 8.78 Å². The minimum absolute atomic E-state index is 0.0264. The number of aromatic nitrogens is 3. The minimum Gasteiger partial charge on any atom is -0.497 e. The molecular weight excluding hydrogens is 542 g/mol. The van der Waals surface area contributed by atoms with Gasteiger partial charge in [0.1, 0.15) is 12.1 Å². The Bertz CT molecular complexity index is 1630. The molecule has 8 nitrogen and oxygen atoms in total. The summed E-state index contributed by atoms with van der Waals surface area (Å²) < 4.78 is 37.4. The summed E-state index contributed by atoms with van der Waals surface area (Å²) in [6.07, 6.45) is 3.24. The van der Waals surface area contributed by atoms with Crippen LogP contribution in [0.5, 0.6) is 5.75 Å². The number of hydrogen-bond acceptors (Lipinski definition) is 5. The fourth-order valence-corrected chi connectivity index (χ4v) is 6.46. The molecule has 10 heteroatoms. The van der Waals surface area contributed by atoms with Gasteiger partial charge >= 0.3 is 0 Å². The van der Waals surface area contributed by atoms with Gasteiger partial charge in [-0.1, -0.05) is 30.3 Å². The van der Waals surface area contributed by atoms with Crippen molar-refractivity contribution in [3.8, 4) is 11.4 Å². The summed E-state index contributed by atoms with van der Waals surface area (Å²) in [5.74, 6) is -3.52. The Morgan fingerprint density at radius 2 is 1.76 bits per heavy atom. The smallest absolute Gasteiger partial charge is 0.262 e. The lowest BCUT2D eigenvalue weighted by atomic mass is 9.73. The molecule has 42 heavy (non-hydrogen) atoms. The molecular formula is C32H34F2N4O4. The highest BCUT2D eigenvalue weighted by molar-refractivity contribution is 5.80. The largest absolute Gasteiger partial charge is 0.497 e. The monoisotopic (exact) mass is 576 g/mol. The van der Waals surface area contributed by atoms with E-state index in [2.05, 4.69) is 4.98 Å². The van der Waals surface area contributed by atoms with E-state index in [1.807, 2.05) is 59.2 Å². The molecule has 1 saturated heterocycles. The van der Waals surface area contributed by atoms with Crippen molar-refractivity contribution < 1.29 is 23.4 Å². The number of carbonyl (C=O) groups is 1. The third kappa shape index (κ3) is 5.43. The number of halogens is 2. The van der Waals surface area contributed by atoms with Gasteiger partial charge in [-0.2, -0.15) is 0 Å². The summed E-state index contributed by atoms with van der Waals surface area (Å²) in [6, 6.07) is 18.5. The molecule has 0 bridgehead atoms. The SMILES string of the molecule is COc1ccc(-n2ccc3c(=O)n(CC4(O)CCN(C(=O)C5CC(F)(F)CCC5c5ccccc5)CC4)cnc32)cc1. The molecule has 2 aromatic carbocycles. The number of piperidine rings is 1. The van der Waals surface area contributed by atoms with Crippen molar-refractivity contribution in [1.29, 1.82) is 0 Å². The van der Waals surface area contributed by atoms with Crippen LogP contribution in [0.25, 0.3) is 16.7 Å². The van der Waals surface area contributed by atoms with Crippen LogP contribution in [0.1, 0.15) is 43.6 Å². The zero-order chi connectivity index (χ0) is 29.5. The number of methoxy groups -OCH3 is 1. The average Bonchev–Trinajstić information content (AvgIpc) is 3.43. The highest BCUT2D eigenvalue weighted by atomic mass is 19.3. The second-order valence-corrected chi connectivity index (χ2v) is 11.6. The van der Waals surface area contributed by atoms with Gasteiger partial charge in [0.15, 0.2) is 5.65 Å². The zero-order valence-electron chi connectivity index (χ0n) is 23.5. The highest BCUT2D eigenvalue weighted by Gasteiger charge is 2.47. The summed E-state index contributed by atoms with van der Waals surface area (Å²) in [7, 11) is 1.60. The van der Waals surface area contributed by atoms with Crippen LogP contribution in [0.3, 0.4) is 0 Å². The lowest BCUT2D eigenvalue weighted by molar-refractivity contribution is -0.148. The van der Waals surface area contributed by atoms with Crippen LogP contribution < -0.4 is 10.3 Å². The van der Waals surface area contributed by atoms with Crippen LogP contribution >= 0.6 is 0 Å². The molecule has 4 aromatic rings. The van der Waals surface area contributed by atoms with Gasteiger partial charge in [-0.05, 0) is 61.1 Å². The van der Waals surface area contributed by atoms with Crippen LogP contribution in [0.15, 0.2) is 78.0 Å². The van der Waals surface area contributed by atoms with E-state index < -0.39 is 23.9 Å². The average molecular weight is 577 g/mol. The maximum atomic E-state index is 14.5. The number of rotatable bonds is 6. The van der Waals surface area contributed by atoms with Gasteiger partial charge in [-0.3, -0.25) is 14.2 Å². The number of ether oxygens (including phenoxy) is 1. The van der Waals surface area contributed by atoms with Gasteiger partial charge in [0.25, 0.3) is 5.56 Å². The van der Waals surface area contributed by atoms with E-state index in [0.29, 0.717) is 11.0 Å². The van der Waals surface area contributed by atoms with Gasteiger partial charge in [0, 0.05) is 37.8 Å². The fraction of sp³-hybridized carbons (Fsp3) is 0.406. The molecule has 2 aliphatic rings. The number of nitrogens with zero attached hydrogens (tertiary/aromatic N) is 4. The Morgan fingerprint density at radius 3 is 2.45 bits per heavy atom. The molecule has 0 radical (unpaired) electrons. The summed E-state index contributed by atoms with van der Waals surface area (Å²) in [5.41, 5.74) is 0.740. The summed E-state index contributed by atoms with van der Waals surface area (Å²) in [5, 5.41) is 11.8. The molecule has 1 aliphatic heterocycles. The number of likely N-dealkylation sites (tertiary alicyclic amines) is 1. The molecule has 2 unspecified atom stereocenters. The molecule has 2 atom stereocenters. The fourth-order valence-electron chi connectivity index (χ4n) is 6.46. The summed E-state index contributed by atoms with van der Waals surface area (Å²) in [4.78, 5) is 33.1. The number of hydrogen-bond donors (Lipinski definition) is 1. The molecule has 2 fully saturated rings. The van der Waals surface area contributed by atoms with Crippen molar-refractivity contribution >= 4 is 16.9 Å². The first-order valence-electron chi connectivity index (χ1n) is 14.3. The molecule has 2 aromatic heterocycles. The first-order valence-corrected chi connectivity index (χ1v) is 14.3. The zero-order valence-corrected chi connectivity index (χ0v) is 23.5. The van der Waals surface area contributed by atoms with Crippen molar-refractivity contribution in [2.45, 2.75) is 56.1 Å². The Kier molecular flexibility index (Phi) is 7.34. The number of alkyl halides is 2. The quantitative estimate of drug-likeness (QED) is 0.357. The molecule has 3 heterocycles. The number of aliphatic hydroxyl groups is 1. The van der Waals surface area contributed by atoms with Gasteiger partial charge in [-0.25, -0.2) is 13.8 Å². The lowest BCUT2D eigenvalue weighted by Gasteiger charge is -2.42. The first-order chi connectivity index (χ1) is 20.2. The van der Waals surface area contributed by atoms with Crippen molar-refractivity contribution in [2.75, 3.05) is 20.2 Å². The second-order valence-electron chi connectivity index (χ2n) is 11.6. The third-order valence-corrected chi connectivity index (χ3v) is 8.86. The van der Waals surface area contributed by atoms with Crippen molar-refractivity contribution in [3.05, 3.63) is 89.1 Å². The van der Waals surface area contributed by atoms with Crippen LogP contribution in [-0.2, 0) is 11.3 Å². The molecule has 1 aliphatic carbocycles. The predicted octanol–water partition coefficient (Wildman–Crippen LogP) is 4.77. The minimum atomic E-state index is -2.87. The number of carbonyl (C=O) groups excluding carboxylic acids is 1. The van der Waals surface area contributed by atoms with Crippen LogP contribution in [0.2, 0.25) is 0 Å². The van der Waals surface area contributed by atoms with Crippen molar-refractivity contribution in [1.82, 2.24) is 19.0 Å². The third-order valence-electron chi connectivity index (χ3n) is 8.86. The highest BCUT2D eigenvalue weighted by Crippen LogP contribution is 2.46. The topological polar surface area (TPSA) is 89.6 Å². The molecule has 1 amide bonds. The van der Waals surface area contributed by atoms with E-state index in [4.69, 9.17) is 4.74 Å². The second kappa shape index (κ2) is 11.0. The number of amides is 1. The molecule has 1 saturated carbocycles. The van der Waals surface area contributed by atoms with Crippen LogP contribution in [-0.4, -0.2) is 61.8 Å². The maximum absolute atomic E-state index is 14.5. The van der Waals surface area contributed by atoms with E-state index in [0.717, 1.165) is 17.0 Å². The van der Waals surface area contributed by atoms with E-state index >= 15 is 0 Å². The van der Waals surface area contributed by atoms with Crippen LogP contribution in [0, 0.1) is 5.92 Å². The Labute approximate surface area is 242 Å². The predicted molar refractivity (Wildman–Crippen MR) is 154 cm³/mol.